The Balaban J connectivity index is 1.97. The lowest BCUT2D eigenvalue weighted by molar-refractivity contribution is -0.0282. The molecule has 4 atom stereocenters. The standard InChI is InChI=1S/C20H19NO9S2/c22-18-16(13-8-9-21-11-13)10-17(15-7-3-5-12-4-1-2-6-14(12)15)19(29-31(23,24)25)20(18)30-32(26,27)28/h1-11,16,18-22H,(H,23,24,25)(H,26,27,28)/t16-,18-,19-,20+/m1/s1. The minimum Gasteiger partial charge on any atom is -0.389 e. The van der Waals surface area contributed by atoms with E-state index in [9.17, 15) is 31.0 Å². The van der Waals surface area contributed by atoms with Gasteiger partial charge >= 0.3 is 20.8 Å². The molecule has 0 radical (unpaired) electrons. The number of H-pyrrole nitrogens is 1. The van der Waals surface area contributed by atoms with Gasteiger partial charge in [-0.25, -0.2) is 8.37 Å². The van der Waals surface area contributed by atoms with Crippen molar-refractivity contribution < 1.29 is 39.4 Å². The number of fused-ring (bicyclic) bond motifs is 1. The van der Waals surface area contributed by atoms with Gasteiger partial charge in [0.15, 0.2) is 0 Å². The van der Waals surface area contributed by atoms with Crippen molar-refractivity contribution >= 4 is 37.1 Å². The summed E-state index contributed by atoms with van der Waals surface area (Å²) in [6.07, 6.45) is -0.658. The molecule has 4 N–H and O–H groups in total. The van der Waals surface area contributed by atoms with Gasteiger partial charge in [-0.05, 0) is 33.5 Å². The summed E-state index contributed by atoms with van der Waals surface area (Å²) in [5.74, 6) is -0.858. The highest BCUT2D eigenvalue weighted by molar-refractivity contribution is 7.81. The molecular weight excluding hydrogens is 462 g/mol. The number of aromatic nitrogens is 1. The number of aliphatic hydroxyl groups is 1. The van der Waals surface area contributed by atoms with E-state index < -0.39 is 45.0 Å². The summed E-state index contributed by atoms with van der Waals surface area (Å²) < 4.78 is 74.4. The Hall–Kier alpha value is -2.58. The van der Waals surface area contributed by atoms with Crippen molar-refractivity contribution in [3.05, 3.63) is 78.1 Å². The average molecular weight is 482 g/mol. The number of hydrogen-bond donors (Lipinski definition) is 4. The maximum atomic E-state index is 11.6. The predicted octanol–water partition coefficient (Wildman–Crippen LogP) is 2.09. The second-order valence-corrected chi connectivity index (χ2v) is 9.34. The van der Waals surface area contributed by atoms with Gasteiger partial charge in [0.1, 0.15) is 12.2 Å². The van der Waals surface area contributed by atoms with Crippen LogP contribution >= 0.6 is 0 Å². The number of nitrogens with one attached hydrogen (secondary N) is 1. The van der Waals surface area contributed by atoms with Crippen LogP contribution in [0, 0.1) is 0 Å². The molecule has 3 aromatic rings. The summed E-state index contributed by atoms with van der Waals surface area (Å²) in [5, 5.41) is 12.4. The van der Waals surface area contributed by atoms with E-state index in [0.717, 1.165) is 5.39 Å². The van der Waals surface area contributed by atoms with Crippen LogP contribution in [0.2, 0.25) is 0 Å². The topological polar surface area (TPSA) is 163 Å². The fourth-order valence-corrected chi connectivity index (χ4v) is 4.96. The Morgan fingerprint density at radius 2 is 1.56 bits per heavy atom. The van der Waals surface area contributed by atoms with Gasteiger partial charge in [0, 0.05) is 18.3 Å². The van der Waals surface area contributed by atoms with E-state index in [0.29, 0.717) is 16.5 Å². The molecule has 0 unspecified atom stereocenters. The molecule has 1 aliphatic rings. The van der Waals surface area contributed by atoms with Crippen molar-refractivity contribution in [2.24, 2.45) is 0 Å². The fraction of sp³-hybridized carbons (Fsp3) is 0.200. The normalized spacial score (nSPS) is 24.4. The molecule has 1 heterocycles. The molecular formula is C20H19NO9S2. The Labute approximate surface area is 184 Å². The molecule has 0 aliphatic heterocycles. The van der Waals surface area contributed by atoms with Gasteiger partial charge in [-0.1, -0.05) is 48.5 Å². The second kappa shape index (κ2) is 8.41. The monoisotopic (exact) mass is 481 g/mol. The van der Waals surface area contributed by atoms with Crippen LogP contribution < -0.4 is 0 Å². The molecule has 4 rings (SSSR count). The molecule has 0 bridgehead atoms. The van der Waals surface area contributed by atoms with Crippen LogP contribution in [0.4, 0.5) is 0 Å². The van der Waals surface area contributed by atoms with Crippen molar-refractivity contribution in [3.63, 3.8) is 0 Å². The molecule has 1 aromatic heterocycles. The van der Waals surface area contributed by atoms with Gasteiger partial charge in [0.2, 0.25) is 0 Å². The Kier molecular flexibility index (Phi) is 5.94. The van der Waals surface area contributed by atoms with E-state index in [1.165, 1.54) is 6.08 Å². The zero-order valence-corrected chi connectivity index (χ0v) is 17.9. The van der Waals surface area contributed by atoms with E-state index in [4.69, 9.17) is 4.18 Å². The summed E-state index contributed by atoms with van der Waals surface area (Å²) in [5.41, 5.74) is 1.15. The lowest BCUT2D eigenvalue weighted by Gasteiger charge is -2.38. The first-order chi connectivity index (χ1) is 15.0. The van der Waals surface area contributed by atoms with Crippen LogP contribution in [0.25, 0.3) is 16.3 Å². The van der Waals surface area contributed by atoms with Crippen LogP contribution in [0.15, 0.2) is 67.0 Å². The zero-order chi connectivity index (χ0) is 23.1. The van der Waals surface area contributed by atoms with Crippen LogP contribution in [0.5, 0.6) is 0 Å². The van der Waals surface area contributed by atoms with Crippen LogP contribution in [-0.2, 0) is 29.2 Å². The largest absolute Gasteiger partial charge is 0.398 e. The number of rotatable bonds is 6. The zero-order valence-electron chi connectivity index (χ0n) is 16.3. The Morgan fingerprint density at radius 3 is 2.22 bits per heavy atom. The summed E-state index contributed by atoms with van der Waals surface area (Å²) in [7, 11) is -10.3. The third-order valence-electron chi connectivity index (χ3n) is 5.23. The minimum absolute atomic E-state index is 0.143. The molecule has 170 valence electrons. The number of hydrogen-bond acceptors (Lipinski definition) is 7. The van der Waals surface area contributed by atoms with E-state index in [-0.39, 0.29) is 5.57 Å². The molecule has 0 saturated carbocycles. The van der Waals surface area contributed by atoms with Gasteiger partial charge in [0.25, 0.3) is 0 Å². The Bertz CT molecular complexity index is 1360. The van der Waals surface area contributed by atoms with Crippen molar-refractivity contribution in [2.75, 3.05) is 0 Å². The highest BCUT2D eigenvalue weighted by atomic mass is 32.3. The molecule has 12 heteroatoms. The third kappa shape index (κ3) is 4.76. The van der Waals surface area contributed by atoms with Crippen molar-refractivity contribution in [3.8, 4) is 0 Å². The van der Waals surface area contributed by atoms with Crippen LogP contribution in [-0.4, -0.2) is 54.3 Å². The smallest absolute Gasteiger partial charge is 0.389 e. The quantitative estimate of drug-likeness (QED) is 0.386. The van der Waals surface area contributed by atoms with Crippen LogP contribution in [0.1, 0.15) is 17.0 Å². The number of benzene rings is 2. The van der Waals surface area contributed by atoms with Gasteiger partial charge < -0.3 is 10.1 Å². The fourth-order valence-electron chi connectivity index (χ4n) is 3.99. The Morgan fingerprint density at radius 1 is 0.875 bits per heavy atom. The molecule has 0 amide bonds. The summed E-state index contributed by atoms with van der Waals surface area (Å²) in [4.78, 5) is 2.83. The van der Waals surface area contributed by atoms with Crippen molar-refractivity contribution in [1.82, 2.24) is 4.98 Å². The van der Waals surface area contributed by atoms with E-state index in [1.807, 2.05) is 18.2 Å². The van der Waals surface area contributed by atoms with E-state index in [2.05, 4.69) is 9.17 Å². The maximum Gasteiger partial charge on any atom is 0.398 e. The average Bonchev–Trinajstić information content (AvgIpc) is 3.23. The predicted molar refractivity (Wildman–Crippen MR) is 114 cm³/mol. The molecule has 32 heavy (non-hydrogen) atoms. The highest BCUT2D eigenvalue weighted by Gasteiger charge is 2.46. The first kappa shape index (κ1) is 22.6. The maximum absolute atomic E-state index is 11.6. The molecule has 10 nitrogen and oxygen atoms in total. The SMILES string of the molecule is O=S(=O)(O)O[C@H]1[C@H](O)[C@@H](c2cc[nH]c2)C=C(c2cccc3ccccc23)[C@H]1OS(=O)(=O)O. The lowest BCUT2D eigenvalue weighted by Crippen LogP contribution is -2.49. The van der Waals surface area contributed by atoms with Gasteiger partial charge in [0.05, 0.1) is 6.10 Å². The molecule has 2 aromatic carbocycles. The van der Waals surface area contributed by atoms with Crippen molar-refractivity contribution in [1.29, 1.82) is 0 Å². The van der Waals surface area contributed by atoms with E-state index in [1.54, 1.807) is 42.7 Å². The first-order valence-corrected chi connectivity index (χ1v) is 12.1. The van der Waals surface area contributed by atoms with Gasteiger partial charge in [-0.2, -0.15) is 16.8 Å². The summed E-state index contributed by atoms with van der Waals surface area (Å²) in [6.45, 7) is 0. The van der Waals surface area contributed by atoms with E-state index >= 15 is 0 Å². The number of aromatic amines is 1. The first-order valence-electron chi connectivity index (χ1n) is 9.35. The van der Waals surface area contributed by atoms with Gasteiger partial charge in [-0.15, -0.1) is 0 Å². The van der Waals surface area contributed by atoms with Crippen molar-refractivity contribution in [2.45, 2.75) is 24.2 Å². The van der Waals surface area contributed by atoms with Gasteiger partial charge in [-0.3, -0.25) is 9.11 Å². The molecule has 1 aliphatic carbocycles. The van der Waals surface area contributed by atoms with Crippen LogP contribution in [0.3, 0.4) is 0 Å². The molecule has 0 fully saturated rings. The summed E-state index contributed by atoms with van der Waals surface area (Å²) in [6, 6.07) is 14.0. The lowest BCUT2D eigenvalue weighted by atomic mass is 9.78. The second-order valence-electron chi connectivity index (χ2n) is 7.24. The minimum atomic E-state index is -5.14. The molecule has 0 spiro atoms. The highest BCUT2D eigenvalue weighted by Crippen LogP contribution is 2.41. The molecule has 0 saturated heterocycles. The number of aliphatic hydroxyl groups excluding tert-OH is 1. The summed E-state index contributed by atoms with van der Waals surface area (Å²) >= 11 is 0. The third-order valence-corrected chi connectivity index (χ3v) is 6.15.